The zero-order chi connectivity index (χ0) is 15.4. The lowest BCUT2D eigenvalue weighted by atomic mass is 10.1. The summed E-state index contributed by atoms with van der Waals surface area (Å²) in [6, 6.07) is 7.21. The highest BCUT2D eigenvalue weighted by atomic mass is 16.5. The lowest BCUT2D eigenvalue weighted by Gasteiger charge is -2.24. The summed E-state index contributed by atoms with van der Waals surface area (Å²) >= 11 is 0. The lowest BCUT2D eigenvalue weighted by molar-refractivity contribution is 0.0522. The monoisotopic (exact) mass is 289 g/mol. The van der Waals surface area contributed by atoms with Crippen molar-refractivity contribution in [2.75, 3.05) is 24.6 Å². The minimum Gasteiger partial charge on any atom is -0.462 e. The summed E-state index contributed by atoms with van der Waals surface area (Å²) in [5.41, 5.74) is 0.371. The van der Waals surface area contributed by atoms with Crippen LogP contribution in [0.5, 0.6) is 0 Å². The number of para-hydroxylation sites is 1. The summed E-state index contributed by atoms with van der Waals surface area (Å²) in [7, 11) is 0. The summed E-state index contributed by atoms with van der Waals surface area (Å²) in [6.45, 7) is 7.22. The minimum atomic E-state index is -0.658. The number of anilines is 1. The van der Waals surface area contributed by atoms with Crippen LogP contribution in [0.25, 0.3) is 11.0 Å². The second-order valence-electron chi connectivity index (χ2n) is 4.50. The first-order valence-electron chi connectivity index (χ1n) is 7.11. The number of benzene rings is 1. The fraction of sp³-hybridized carbons (Fsp3) is 0.375. The van der Waals surface area contributed by atoms with Crippen molar-refractivity contribution >= 4 is 22.6 Å². The van der Waals surface area contributed by atoms with E-state index in [-0.39, 0.29) is 12.2 Å². The largest absolute Gasteiger partial charge is 0.462 e. The number of esters is 1. The molecular formula is C16H19NO4. The van der Waals surface area contributed by atoms with Gasteiger partial charge in [0.1, 0.15) is 5.58 Å². The number of fused-ring (bicyclic) bond motifs is 1. The first-order chi connectivity index (χ1) is 10.1. The predicted octanol–water partition coefficient (Wildman–Crippen LogP) is 2.82. The van der Waals surface area contributed by atoms with Gasteiger partial charge in [0.25, 0.3) is 0 Å². The third-order valence-corrected chi connectivity index (χ3v) is 3.34. The van der Waals surface area contributed by atoms with E-state index in [0.717, 1.165) is 5.39 Å². The van der Waals surface area contributed by atoms with Crippen LogP contribution >= 0.6 is 0 Å². The van der Waals surface area contributed by atoms with Crippen LogP contribution in [0.4, 0.5) is 5.69 Å². The molecule has 1 aromatic heterocycles. The maximum Gasteiger partial charge on any atom is 0.353 e. The quantitative estimate of drug-likeness (QED) is 0.625. The van der Waals surface area contributed by atoms with E-state index >= 15 is 0 Å². The van der Waals surface area contributed by atoms with E-state index < -0.39 is 11.6 Å². The van der Waals surface area contributed by atoms with Gasteiger partial charge < -0.3 is 14.1 Å². The molecule has 2 rings (SSSR count). The first-order valence-corrected chi connectivity index (χ1v) is 7.11. The van der Waals surface area contributed by atoms with Crippen molar-refractivity contribution < 1.29 is 13.9 Å². The number of carbonyl (C=O) groups excluding carboxylic acids is 1. The number of rotatable bonds is 5. The molecular weight excluding hydrogens is 270 g/mol. The molecule has 0 saturated carbocycles. The molecule has 0 amide bonds. The van der Waals surface area contributed by atoms with Gasteiger partial charge in [-0.1, -0.05) is 12.1 Å². The van der Waals surface area contributed by atoms with Crippen molar-refractivity contribution in [3.05, 3.63) is 40.2 Å². The highest BCUT2D eigenvalue weighted by Gasteiger charge is 2.24. The molecule has 0 saturated heterocycles. The van der Waals surface area contributed by atoms with Crippen molar-refractivity contribution in [3.63, 3.8) is 0 Å². The van der Waals surface area contributed by atoms with Crippen LogP contribution in [0.2, 0.25) is 0 Å². The molecule has 1 heterocycles. The Morgan fingerprint density at radius 3 is 2.48 bits per heavy atom. The van der Waals surface area contributed by atoms with Gasteiger partial charge in [-0.3, -0.25) is 0 Å². The number of hydrogen-bond acceptors (Lipinski definition) is 5. The van der Waals surface area contributed by atoms with Crippen molar-refractivity contribution in [1.82, 2.24) is 0 Å². The Labute approximate surface area is 123 Å². The zero-order valence-corrected chi connectivity index (χ0v) is 12.5. The molecule has 0 aliphatic rings. The maximum atomic E-state index is 12.2. The average molecular weight is 289 g/mol. The minimum absolute atomic E-state index is 0.0285. The van der Waals surface area contributed by atoms with Gasteiger partial charge in [0.05, 0.1) is 12.3 Å². The van der Waals surface area contributed by atoms with Crippen LogP contribution in [0.3, 0.4) is 0 Å². The number of hydrogen-bond donors (Lipinski definition) is 0. The van der Waals surface area contributed by atoms with Crippen LogP contribution in [-0.2, 0) is 4.74 Å². The smallest absolute Gasteiger partial charge is 0.353 e. The second-order valence-corrected chi connectivity index (χ2v) is 4.50. The third-order valence-electron chi connectivity index (χ3n) is 3.34. The fourth-order valence-corrected chi connectivity index (χ4v) is 2.39. The van der Waals surface area contributed by atoms with Crippen molar-refractivity contribution in [1.29, 1.82) is 0 Å². The molecule has 21 heavy (non-hydrogen) atoms. The highest BCUT2D eigenvalue weighted by Crippen LogP contribution is 2.29. The predicted molar refractivity (Wildman–Crippen MR) is 82.0 cm³/mol. The summed E-state index contributed by atoms with van der Waals surface area (Å²) in [5.74, 6) is -0.640. The first kappa shape index (κ1) is 15.1. The Morgan fingerprint density at radius 2 is 1.86 bits per heavy atom. The van der Waals surface area contributed by atoms with Crippen LogP contribution in [0, 0.1) is 0 Å². The summed E-state index contributed by atoms with van der Waals surface area (Å²) < 4.78 is 10.3. The standard InChI is InChI=1S/C16H19NO4/c1-4-17(5-2)14-11-9-7-8-10-12(11)21-16(19)13(14)15(18)20-6-3/h7-10H,4-6H2,1-3H3. The van der Waals surface area contributed by atoms with Gasteiger partial charge in [-0.15, -0.1) is 0 Å². The van der Waals surface area contributed by atoms with E-state index in [1.165, 1.54) is 0 Å². The van der Waals surface area contributed by atoms with Crippen LogP contribution in [-0.4, -0.2) is 25.7 Å². The summed E-state index contributed by atoms with van der Waals surface area (Å²) in [5, 5.41) is 0.740. The Bertz CT molecular complexity index is 701. The maximum absolute atomic E-state index is 12.2. The van der Waals surface area contributed by atoms with E-state index in [1.54, 1.807) is 19.1 Å². The Kier molecular flexibility index (Phi) is 4.62. The molecule has 0 radical (unpaired) electrons. The van der Waals surface area contributed by atoms with Gasteiger partial charge in [-0.2, -0.15) is 0 Å². The molecule has 0 N–H and O–H groups in total. The molecule has 0 aliphatic heterocycles. The molecule has 0 unspecified atom stereocenters. The van der Waals surface area contributed by atoms with E-state index in [2.05, 4.69) is 0 Å². The number of nitrogens with zero attached hydrogens (tertiary/aromatic N) is 1. The highest BCUT2D eigenvalue weighted by molar-refractivity contribution is 6.04. The van der Waals surface area contributed by atoms with Gasteiger partial charge in [-0.25, -0.2) is 9.59 Å². The van der Waals surface area contributed by atoms with Gasteiger partial charge in [0, 0.05) is 18.5 Å². The lowest BCUT2D eigenvalue weighted by Crippen LogP contribution is -2.28. The Morgan fingerprint density at radius 1 is 1.19 bits per heavy atom. The average Bonchev–Trinajstić information content (AvgIpc) is 2.48. The van der Waals surface area contributed by atoms with Crippen LogP contribution in [0.15, 0.2) is 33.5 Å². The van der Waals surface area contributed by atoms with Gasteiger partial charge >= 0.3 is 11.6 Å². The van der Waals surface area contributed by atoms with Gasteiger partial charge in [0.2, 0.25) is 0 Å². The van der Waals surface area contributed by atoms with Crippen LogP contribution in [0.1, 0.15) is 31.1 Å². The molecule has 0 fully saturated rings. The molecule has 0 atom stereocenters. The zero-order valence-electron chi connectivity index (χ0n) is 12.5. The molecule has 0 bridgehead atoms. The summed E-state index contributed by atoms with van der Waals surface area (Å²) in [6.07, 6.45) is 0. The molecule has 5 heteroatoms. The third kappa shape index (κ3) is 2.77. The van der Waals surface area contributed by atoms with E-state index in [0.29, 0.717) is 24.4 Å². The number of carbonyl (C=O) groups is 1. The fourth-order valence-electron chi connectivity index (χ4n) is 2.39. The molecule has 5 nitrogen and oxygen atoms in total. The van der Waals surface area contributed by atoms with E-state index in [9.17, 15) is 9.59 Å². The molecule has 112 valence electrons. The normalized spacial score (nSPS) is 10.6. The van der Waals surface area contributed by atoms with Gasteiger partial charge in [0.15, 0.2) is 5.56 Å². The second kappa shape index (κ2) is 6.43. The van der Waals surface area contributed by atoms with Gasteiger partial charge in [-0.05, 0) is 32.9 Å². The molecule has 2 aromatic rings. The molecule has 1 aromatic carbocycles. The number of ether oxygens (including phenoxy) is 1. The Balaban J connectivity index is 2.82. The van der Waals surface area contributed by atoms with E-state index in [4.69, 9.17) is 9.15 Å². The topological polar surface area (TPSA) is 59.8 Å². The van der Waals surface area contributed by atoms with Crippen molar-refractivity contribution in [2.24, 2.45) is 0 Å². The molecule has 0 aliphatic carbocycles. The van der Waals surface area contributed by atoms with E-state index in [1.807, 2.05) is 30.9 Å². The Hall–Kier alpha value is -2.30. The SMILES string of the molecule is CCOC(=O)c1c(N(CC)CC)c2ccccc2oc1=O. The summed E-state index contributed by atoms with van der Waals surface area (Å²) in [4.78, 5) is 26.3. The molecule has 0 spiro atoms. The van der Waals surface area contributed by atoms with Crippen LogP contribution < -0.4 is 10.5 Å². The van der Waals surface area contributed by atoms with Crippen molar-refractivity contribution in [3.8, 4) is 0 Å². The van der Waals surface area contributed by atoms with Crippen molar-refractivity contribution in [2.45, 2.75) is 20.8 Å².